The quantitative estimate of drug-likeness (QED) is 0.401. The first-order valence-corrected chi connectivity index (χ1v) is 9.17. The van der Waals surface area contributed by atoms with E-state index in [-0.39, 0.29) is 24.0 Å². The Bertz CT molecular complexity index is 561. The van der Waals surface area contributed by atoms with Crippen molar-refractivity contribution in [1.82, 2.24) is 20.5 Å². The minimum Gasteiger partial charge on any atom is -0.444 e. The number of oxazole rings is 1. The topological polar surface area (TPSA) is 65.7 Å². The van der Waals surface area contributed by atoms with Gasteiger partial charge in [-0.2, -0.15) is 0 Å². The lowest BCUT2D eigenvalue weighted by Gasteiger charge is -2.31. The van der Waals surface area contributed by atoms with Crippen molar-refractivity contribution in [2.45, 2.75) is 52.6 Å². The first-order valence-electron chi connectivity index (χ1n) is 9.17. The number of nitrogens with zero attached hydrogens (tertiary/aromatic N) is 3. The lowest BCUT2D eigenvalue weighted by Crippen LogP contribution is -2.43. The van der Waals surface area contributed by atoms with Gasteiger partial charge in [-0.15, -0.1) is 24.0 Å². The van der Waals surface area contributed by atoms with Crippen molar-refractivity contribution < 1.29 is 4.42 Å². The van der Waals surface area contributed by atoms with Gasteiger partial charge in [0.25, 0.3) is 0 Å². The maximum absolute atomic E-state index is 5.70. The Morgan fingerprint density at radius 2 is 2.00 bits per heavy atom. The molecule has 0 radical (unpaired) electrons. The minimum atomic E-state index is 0. The maximum atomic E-state index is 5.70. The molecule has 2 N–H and O–H groups in total. The summed E-state index contributed by atoms with van der Waals surface area (Å²) in [5.74, 6) is 4.24. The number of piperidine rings is 1. The Morgan fingerprint density at radius 1 is 1.32 bits per heavy atom. The van der Waals surface area contributed by atoms with Gasteiger partial charge in [0.05, 0.1) is 12.2 Å². The van der Waals surface area contributed by atoms with Crippen LogP contribution in [0.5, 0.6) is 0 Å². The molecule has 1 aliphatic carbocycles. The zero-order valence-electron chi connectivity index (χ0n) is 15.8. The molecule has 2 heterocycles. The lowest BCUT2D eigenvalue weighted by molar-refractivity contribution is 0.164. The van der Waals surface area contributed by atoms with Crippen LogP contribution in [0.3, 0.4) is 0 Å². The molecule has 1 saturated heterocycles. The van der Waals surface area contributed by atoms with Crippen molar-refractivity contribution in [2.75, 3.05) is 26.7 Å². The number of aliphatic imine (C=N–C) groups is 1. The van der Waals surface area contributed by atoms with Gasteiger partial charge in [-0.25, -0.2) is 4.98 Å². The summed E-state index contributed by atoms with van der Waals surface area (Å²) < 4.78 is 5.70. The number of aromatic nitrogens is 1. The smallest absolute Gasteiger partial charge is 0.208 e. The highest BCUT2D eigenvalue weighted by Crippen LogP contribution is 2.28. The van der Waals surface area contributed by atoms with E-state index in [4.69, 9.17) is 4.42 Å². The van der Waals surface area contributed by atoms with Crippen LogP contribution in [0.1, 0.15) is 43.5 Å². The highest BCUT2D eigenvalue weighted by molar-refractivity contribution is 14.0. The van der Waals surface area contributed by atoms with Crippen LogP contribution < -0.4 is 10.6 Å². The van der Waals surface area contributed by atoms with Crippen molar-refractivity contribution in [1.29, 1.82) is 0 Å². The fourth-order valence-electron chi connectivity index (χ4n) is 3.28. The fraction of sp³-hybridized carbons (Fsp3) is 0.778. The minimum absolute atomic E-state index is 0. The van der Waals surface area contributed by atoms with Crippen LogP contribution in [0.15, 0.2) is 9.41 Å². The lowest BCUT2D eigenvalue weighted by atomic mass is 9.97. The van der Waals surface area contributed by atoms with Crippen LogP contribution in [-0.2, 0) is 6.54 Å². The number of halogens is 1. The highest BCUT2D eigenvalue weighted by atomic mass is 127. The zero-order valence-corrected chi connectivity index (χ0v) is 18.2. The van der Waals surface area contributed by atoms with E-state index in [1.54, 1.807) is 0 Å². The van der Waals surface area contributed by atoms with Crippen LogP contribution >= 0.6 is 24.0 Å². The van der Waals surface area contributed by atoms with Crippen molar-refractivity contribution >= 4 is 29.9 Å². The van der Waals surface area contributed by atoms with Gasteiger partial charge in [-0.05, 0) is 58.0 Å². The summed E-state index contributed by atoms with van der Waals surface area (Å²) in [5, 5.41) is 6.98. The van der Waals surface area contributed by atoms with Crippen molar-refractivity contribution in [2.24, 2.45) is 16.8 Å². The largest absolute Gasteiger partial charge is 0.444 e. The number of nitrogens with one attached hydrogen (secondary N) is 2. The Balaban J connectivity index is 0.00000225. The molecular formula is C18H32IN5O. The fourth-order valence-corrected chi connectivity index (χ4v) is 3.28. The van der Waals surface area contributed by atoms with Crippen LogP contribution in [-0.4, -0.2) is 48.6 Å². The molecule has 0 aromatic carbocycles. The first-order chi connectivity index (χ1) is 11.5. The van der Waals surface area contributed by atoms with E-state index in [0.29, 0.717) is 12.0 Å². The maximum Gasteiger partial charge on any atom is 0.208 e. The van der Waals surface area contributed by atoms with Gasteiger partial charge in [0.2, 0.25) is 5.89 Å². The van der Waals surface area contributed by atoms with Crippen molar-refractivity contribution in [3.05, 3.63) is 17.3 Å². The van der Waals surface area contributed by atoms with Crippen LogP contribution in [0, 0.1) is 25.7 Å². The molecule has 1 aromatic rings. The van der Waals surface area contributed by atoms with Gasteiger partial charge >= 0.3 is 0 Å². The number of hydrogen-bond donors (Lipinski definition) is 2. The normalized spacial score (nSPS) is 24.7. The molecule has 0 bridgehead atoms. The molecule has 2 fully saturated rings. The molecule has 1 aromatic heterocycles. The van der Waals surface area contributed by atoms with E-state index in [0.717, 1.165) is 55.4 Å². The standard InChI is InChI=1S/C18H31N5O.HI/c1-12-9-16(12)22-18(19-4)20-10-15-5-7-23(8-6-15)11-17-21-13(2)14(3)24-17;/h12,15-16H,5-11H2,1-4H3,(H2,19,20,22);1H. The molecule has 3 rings (SSSR count). The number of likely N-dealkylation sites (tertiary alicyclic amines) is 1. The summed E-state index contributed by atoms with van der Waals surface area (Å²) in [6, 6.07) is 0.616. The SMILES string of the molecule is CN=C(NCC1CCN(Cc2nc(C)c(C)o2)CC1)NC1CC1C.I. The molecule has 1 saturated carbocycles. The summed E-state index contributed by atoms with van der Waals surface area (Å²) in [7, 11) is 1.85. The summed E-state index contributed by atoms with van der Waals surface area (Å²) in [5.41, 5.74) is 1.01. The zero-order chi connectivity index (χ0) is 17.1. The van der Waals surface area contributed by atoms with Gasteiger partial charge in [0.15, 0.2) is 5.96 Å². The highest BCUT2D eigenvalue weighted by Gasteiger charge is 2.33. The number of rotatable bonds is 5. The predicted octanol–water partition coefficient (Wildman–Crippen LogP) is 2.69. The van der Waals surface area contributed by atoms with Crippen molar-refractivity contribution in [3.8, 4) is 0 Å². The Morgan fingerprint density at radius 3 is 2.52 bits per heavy atom. The molecule has 142 valence electrons. The van der Waals surface area contributed by atoms with Gasteiger partial charge in [-0.3, -0.25) is 9.89 Å². The second-order valence-electron chi connectivity index (χ2n) is 7.39. The average Bonchev–Trinajstić information content (AvgIpc) is 3.17. The van der Waals surface area contributed by atoms with Gasteiger partial charge in [-0.1, -0.05) is 6.92 Å². The van der Waals surface area contributed by atoms with Gasteiger partial charge < -0.3 is 15.1 Å². The first kappa shape index (κ1) is 20.5. The van der Waals surface area contributed by atoms with E-state index in [1.807, 2.05) is 20.9 Å². The molecule has 0 spiro atoms. The third-order valence-corrected chi connectivity index (χ3v) is 5.35. The van der Waals surface area contributed by atoms with Crippen LogP contribution in [0.25, 0.3) is 0 Å². The summed E-state index contributed by atoms with van der Waals surface area (Å²) in [6.45, 7) is 10.3. The number of hydrogen-bond acceptors (Lipinski definition) is 4. The third kappa shape index (κ3) is 5.84. The molecule has 25 heavy (non-hydrogen) atoms. The van der Waals surface area contributed by atoms with Crippen molar-refractivity contribution in [3.63, 3.8) is 0 Å². The monoisotopic (exact) mass is 461 g/mol. The van der Waals surface area contributed by atoms with Crippen LogP contribution in [0.4, 0.5) is 0 Å². The molecule has 1 aliphatic heterocycles. The third-order valence-electron chi connectivity index (χ3n) is 5.35. The molecular weight excluding hydrogens is 429 g/mol. The predicted molar refractivity (Wildman–Crippen MR) is 111 cm³/mol. The Labute approximate surface area is 168 Å². The second-order valence-corrected chi connectivity index (χ2v) is 7.39. The van der Waals surface area contributed by atoms with E-state index in [9.17, 15) is 0 Å². The molecule has 7 heteroatoms. The van der Waals surface area contributed by atoms with E-state index in [2.05, 4.69) is 32.4 Å². The molecule has 2 atom stereocenters. The van der Waals surface area contributed by atoms with Crippen LogP contribution in [0.2, 0.25) is 0 Å². The summed E-state index contributed by atoms with van der Waals surface area (Å²) in [4.78, 5) is 11.3. The molecule has 2 unspecified atom stereocenters. The Hall–Kier alpha value is -0.830. The van der Waals surface area contributed by atoms with E-state index < -0.39 is 0 Å². The summed E-state index contributed by atoms with van der Waals surface area (Å²) in [6.07, 6.45) is 3.68. The summed E-state index contributed by atoms with van der Waals surface area (Å²) >= 11 is 0. The molecule has 0 amide bonds. The number of aryl methyl sites for hydroxylation is 2. The second kappa shape index (κ2) is 9.21. The molecule has 2 aliphatic rings. The Kier molecular flexibility index (Phi) is 7.54. The average molecular weight is 461 g/mol. The van der Waals surface area contributed by atoms with Gasteiger partial charge in [0.1, 0.15) is 5.76 Å². The van der Waals surface area contributed by atoms with E-state index in [1.165, 1.54) is 19.3 Å². The van der Waals surface area contributed by atoms with E-state index >= 15 is 0 Å². The molecule has 6 nitrogen and oxygen atoms in total. The van der Waals surface area contributed by atoms with Gasteiger partial charge in [0, 0.05) is 19.6 Å². The number of guanidine groups is 1.